The zero-order chi connectivity index (χ0) is 16.7. The summed E-state index contributed by atoms with van der Waals surface area (Å²) >= 11 is 12.2. The molecular formula is C21H14Cl2O. The van der Waals surface area contributed by atoms with Gasteiger partial charge in [-0.05, 0) is 41.0 Å². The van der Waals surface area contributed by atoms with Crippen molar-refractivity contribution in [1.29, 1.82) is 0 Å². The van der Waals surface area contributed by atoms with Crippen molar-refractivity contribution in [2.75, 3.05) is 0 Å². The molecule has 1 aliphatic carbocycles. The number of ketones is 1. The molecule has 0 unspecified atom stereocenters. The van der Waals surface area contributed by atoms with Gasteiger partial charge < -0.3 is 0 Å². The maximum atomic E-state index is 12.7. The zero-order valence-corrected chi connectivity index (χ0v) is 14.3. The largest absolute Gasteiger partial charge is 0.294 e. The molecule has 0 amide bonds. The monoisotopic (exact) mass is 352 g/mol. The third-order valence-electron chi connectivity index (χ3n) is 4.79. The van der Waals surface area contributed by atoms with E-state index in [1.54, 1.807) is 0 Å². The molecule has 0 saturated carbocycles. The fourth-order valence-corrected chi connectivity index (χ4v) is 3.93. The molecule has 3 aromatic carbocycles. The molecule has 24 heavy (non-hydrogen) atoms. The van der Waals surface area contributed by atoms with Gasteiger partial charge in [0.05, 0.1) is 5.41 Å². The molecule has 0 fully saturated rings. The van der Waals surface area contributed by atoms with Gasteiger partial charge in [-0.2, -0.15) is 0 Å². The van der Waals surface area contributed by atoms with E-state index in [1.165, 1.54) is 0 Å². The van der Waals surface area contributed by atoms with Gasteiger partial charge in [-0.25, -0.2) is 0 Å². The molecule has 0 aliphatic heterocycles. The topological polar surface area (TPSA) is 17.1 Å². The predicted molar refractivity (Wildman–Crippen MR) is 98.2 cm³/mol. The lowest BCUT2D eigenvalue weighted by Gasteiger charge is -2.31. The summed E-state index contributed by atoms with van der Waals surface area (Å²) in [5.74, 6) is 0.162. The van der Waals surface area contributed by atoms with Crippen LogP contribution < -0.4 is 0 Å². The standard InChI is InChI=1S/C21H14Cl2O/c22-16-9-5-14(6-10-16)21(15-7-11-17(23)12-8-15)13-20(24)18-3-1-2-4-19(18)21/h1-12H,13H2. The van der Waals surface area contributed by atoms with Crippen LogP contribution in [0.3, 0.4) is 0 Å². The van der Waals surface area contributed by atoms with Crippen molar-refractivity contribution in [2.24, 2.45) is 0 Å². The molecule has 0 aromatic heterocycles. The molecule has 3 aromatic rings. The molecule has 1 aliphatic rings. The highest BCUT2D eigenvalue weighted by molar-refractivity contribution is 6.30. The molecule has 1 nitrogen and oxygen atoms in total. The van der Waals surface area contributed by atoms with Crippen molar-refractivity contribution in [2.45, 2.75) is 11.8 Å². The fourth-order valence-electron chi connectivity index (χ4n) is 3.68. The Bertz CT molecular complexity index is 866. The maximum absolute atomic E-state index is 12.7. The maximum Gasteiger partial charge on any atom is 0.164 e. The highest BCUT2D eigenvalue weighted by atomic mass is 35.5. The summed E-state index contributed by atoms with van der Waals surface area (Å²) in [6.07, 6.45) is 0.412. The van der Waals surface area contributed by atoms with Gasteiger partial charge in [0.15, 0.2) is 5.78 Å². The summed E-state index contributed by atoms with van der Waals surface area (Å²) in [4.78, 5) is 12.7. The Morgan fingerprint density at radius 2 is 1.21 bits per heavy atom. The smallest absolute Gasteiger partial charge is 0.164 e. The van der Waals surface area contributed by atoms with Crippen molar-refractivity contribution < 1.29 is 4.79 Å². The minimum absolute atomic E-state index is 0.162. The number of fused-ring (bicyclic) bond motifs is 1. The summed E-state index contributed by atoms with van der Waals surface area (Å²) in [6.45, 7) is 0. The van der Waals surface area contributed by atoms with Crippen LogP contribution >= 0.6 is 23.2 Å². The molecule has 0 saturated heterocycles. The van der Waals surface area contributed by atoms with E-state index in [4.69, 9.17) is 23.2 Å². The highest BCUT2D eigenvalue weighted by Crippen LogP contribution is 2.49. The van der Waals surface area contributed by atoms with E-state index in [0.29, 0.717) is 16.5 Å². The van der Waals surface area contributed by atoms with Crippen molar-refractivity contribution >= 4 is 29.0 Å². The van der Waals surface area contributed by atoms with E-state index in [-0.39, 0.29) is 5.78 Å². The van der Waals surface area contributed by atoms with Gasteiger partial charge in [0, 0.05) is 22.0 Å². The fraction of sp³-hybridized carbons (Fsp3) is 0.0952. The normalized spacial score (nSPS) is 15.3. The third-order valence-corrected chi connectivity index (χ3v) is 5.29. The van der Waals surface area contributed by atoms with Gasteiger partial charge in [0.2, 0.25) is 0 Å². The average molecular weight is 353 g/mol. The van der Waals surface area contributed by atoms with E-state index >= 15 is 0 Å². The molecule has 4 rings (SSSR count). The Morgan fingerprint density at radius 3 is 1.75 bits per heavy atom. The lowest BCUT2D eigenvalue weighted by Crippen LogP contribution is -2.26. The molecule has 3 heteroatoms. The van der Waals surface area contributed by atoms with Crippen LogP contribution in [0.5, 0.6) is 0 Å². The molecule has 0 atom stereocenters. The molecule has 0 N–H and O–H groups in total. The van der Waals surface area contributed by atoms with E-state index in [9.17, 15) is 4.79 Å². The number of Topliss-reactive ketones (excluding diaryl/α,β-unsaturated/α-hetero) is 1. The minimum atomic E-state index is -0.497. The summed E-state index contributed by atoms with van der Waals surface area (Å²) in [5.41, 5.74) is 3.46. The summed E-state index contributed by atoms with van der Waals surface area (Å²) in [6, 6.07) is 23.4. The minimum Gasteiger partial charge on any atom is -0.294 e. The Hall–Kier alpha value is -2.09. The zero-order valence-electron chi connectivity index (χ0n) is 12.8. The van der Waals surface area contributed by atoms with Gasteiger partial charge in [0.25, 0.3) is 0 Å². The predicted octanol–water partition coefficient (Wildman–Crippen LogP) is 5.91. The summed E-state index contributed by atoms with van der Waals surface area (Å²) in [7, 11) is 0. The lowest BCUT2D eigenvalue weighted by atomic mass is 9.70. The third kappa shape index (κ3) is 2.28. The van der Waals surface area contributed by atoms with Crippen molar-refractivity contribution in [1.82, 2.24) is 0 Å². The SMILES string of the molecule is O=C1CC(c2ccc(Cl)cc2)(c2ccc(Cl)cc2)c2ccccc21. The first-order chi connectivity index (χ1) is 11.6. The van der Waals surface area contributed by atoms with Crippen molar-refractivity contribution in [3.8, 4) is 0 Å². The number of carbonyl (C=O) groups is 1. The Balaban J connectivity index is 2.03. The van der Waals surface area contributed by atoms with E-state index in [2.05, 4.69) is 0 Å². The van der Waals surface area contributed by atoms with Gasteiger partial charge in [0.1, 0.15) is 0 Å². The second kappa shape index (κ2) is 5.77. The van der Waals surface area contributed by atoms with Gasteiger partial charge >= 0.3 is 0 Å². The molecule has 0 radical (unpaired) electrons. The van der Waals surface area contributed by atoms with E-state index < -0.39 is 5.41 Å². The summed E-state index contributed by atoms with van der Waals surface area (Å²) in [5, 5.41) is 1.37. The quantitative estimate of drug-likeness (QED) is 0.559. The van der Waals surface area contributed by atoms with Crippen LogP contribution in [0.4, 0.5) is 0 Å². The van der Waals surface area contributed by atoms with Crippen LogP contribution in [-0.4, -0.2) is 5.78 Å². The van der Waals surface area contributed by atoms with E-state index in [1.807, 2.05) is 72.8 Å². The Labute approximate surface area is 150 Å². The Morgan fingerprint density at radius 1 is 0.708 bits per heavy atom. The second-order valence-corrected chi connectivity index (χ2v) is 6.94. The first-order valence-corrected chi connectivity index (χ1v) is 8.52. The number of halogens is 2. The van der Waals surface area contributed by atoms with Gasteiger partial charge in [-0.15, -0.1) is 0 Å². The van der Waals surface area contributed by atoms with Crippen LogP contribution in [0.1, 0.15) is 33.5 Å². The van der Waals surface area contributed by atoms with Crippen molar-refractivity contribution in [3.63, 3.8) is 0 Å². The van der Waals surface area contributed by atoms with Gasteiger partial charge in [-0.3, -0.25) is 4.79 Å². The number of hydrogen-bond acceptors (Lipinski definition) is 1. The molecule has 0 spiro atoms. The van der Waals surface area contributed by atoms with Crippen LogP contribution in [0, 0.1) is 0 Å². The number of hydrogen-bond donors (Lipinski definition) is 0. The van der Waals surface area contributed by atoms with Crippen LogP contribution in [0.25, 0.3) is 0 Å². The second-order valence-electron chi connectivity index (χ2n) is 6.06. The molecule has 118 valence electrons. The van der Waals surface area contributed by atoms with Crippen LogP contribution in [0.15, 0.2) is 72.8 Å². The first-order valence-electron chi connectivity index (χ1n) is 7.76. The van der Waals surface area contributed by atoms with Crippen molar-refractivity contribution in [3.05, 3.63) is 105 Å². The average Bonchev–Trinajstić information content (AvgIpc) is 2.91. The summed E-state index contributed by atoms with van der Waals surface area (Å²) < 4.78 is 0. The van der Waals surface area contributed by atoms with Gasteiger partial charge in [-0.1, -0.05) is 71.7 Å². The molecule has 0 bridgehead atoms. The first kappa shape index (κ1) is 15.4. The molecule has 0 heterocycles. The number of benzene rings is 3. The Kier molecular flexibility index (Phi) is 3.71. The highest BCUT2D eigenvalue weighted by Gasteiger charge is 2.45. The van der Waals surface area contributed by atoms with Crippen LogP contribution in [-0.2, 0) is 5.41 Å². The van der Waals surface area contributed by atoms with E-state index in [0.717, 1.165) is 22.3 Å². The van der Waals surface area contributed by atoms with Crippen LogP contribution in [0.2, 0.25) is 10.0 Å². The lowest BCUT2D eigenvalue weighted by molar-refractivity contribution is 0.0984. The number of rotatable bonds is 2. The molecular weight excluding hydrogens is 339 g/mol. The number of carbonyl (C=O) groups excluding carboxylic acids is 1.